The van der Waals surface area contributed by atoms with Gasteiger partial charge in [0.25, 0.3) is 0 Å². The third-order valence-electron chi connectivity index (χ3n) is 12.4. The fraction of sp³-hybridized carbons (Fsp3) is 0.0370. The molecule has 1 nitrogen and oxygen atoms in total. The predicted octanol–water partition coefficient (Wildman–Crippen LogP) is 14.7. The van der Waals surface area contributed by atoms with Crippen LogP contribution in [0.25, 0.3) is 105 Å². The number of furan rings is 1. The Morgan fingerprint density at radius 2 is 1.13 bits per heavy atom. The minimum absolute atomic E-state index is 0.0756. The highest BCUT2D eigenvalue weighted by molar-refractivity contribution is 6.26. The molecule has 2 atom stereocenters. The number of rotatable bonds is 3. The van der Waals surface area contributed by atoms with Crippen molar-refractivity contribution in [1.82, 2.24) is 0 Å². The second-order valence-corrected chi connectivity index (χ2v) is 15.2. The van der Waals surface area contributed by atoms with E-state index < -0.39 is 0 Å². The van der Waals surface area contributed by atoms with E-state index in [2.05, 4.69) is 134 Å². The van der Waals surface area contributed by atoms with Gasteiger partial charge >= 0.3 is 0 Å². The maximum atomic E-state index is 10.2. The molecule has 0 saturated heterocycles. The first-order valence-corrected chi connectivity index (χ1v) is 19.1. The third kappa shape index (κ3) is 4.07. The van der Waals surface area contributed by atoms with E-state index in [9.17, 15) is 4.11 Å². The van der Waals surface area contributed by atoms with Crippen molar-refractivity contribution in [2.45, 2.75) is 5.92 Å². The molecule has 0 saturated carbocycles. The zero-order valence-electron chi connectivity index (χ0n) is 32.7. The predicted molar refractivity (Wildman–Crippen MR) is 233 cm³/mol. The van der Waals surface area contributed by atoms with Gasteiger partial charge in [-0.05, 0) is 124 Å². The number of benzene rings is 9. The van der Waals surface area contributed by atoms with Crippen LogP contribution in [0, 0.1) is 5.92 Å². The Morgan fingerprint density at radius 1 is 0.455 bits per heavy atom. The van der Waals surface area contributed by atoms with Gasteiger partial charge in [0.05, 0.1) is 4.11 Å². The van der Waals surface area contributed by atoms with Crippen molar-refractivity contribution in [3.8, 4) is 22.3 Å². The van der Waals surface area contributed by atoms with Crippen molar-refractivity contribution in [3.05, 3.63) is 198 Å². The minimum Gasteiger partial charge on any atom is -0.455 e. The van der Waals surface area contributed by atoms with Gasteiger partial charge in [0.15, 0.2) is 0 Å². The van der Waals surface area contributed by atoms with Gasteiger partial charge in [0, 0.05) is 28.0 Å². The van der Waals surface area contributed by atoms with Crippen molar-refractivity contribution in [3.63, 3.8) is 0 Å². The Hall–Kier alpha value is -6.96. The summed E-state index contributed by atoms with van der Waals surface area (Å²) in [5.41, 5.74) is 10.4. The molecular weight excluding hydrogens is 665 g/mol. The summed E-state index contributed by atoms with van der Waals surface area (Å²) >= 11 is 0. The fourth-order valence-electron chi connectivity index (χ4n) is 9.97. The van der Waals surface area contributed by atoms with Crippen LogP contribution in [-0.2, 0) is 0 Å². The van der Waals surface area contributed by atoms with Crippen molar-refractivity contribution in [2.24, 2.45) is 5.92 Å². The molecule has 3 aliphatic rings. The molecule has 9 aromatic carbocycles. The Kier molecular flexibility index (Phi) is 5.26. The summed E-state index contributed by atoms with van der Waals surface area (Å²) in [6, 6.07) is 44.8. The lowest BCUT2D eigenvalue weighted by atomic mass is 9.67. The first kappa shape index (κ1) is 26.7. The van der Waals surface area contributed by atoms with Crippen LogP contribution < -0.4 is 0 Å². The second-order valence-electron chi connectivity index (χ2n) is 15.2. The van der Waals surface area contributed by atoms with E-state index in [1.165, 1.54) is 22.1 Å². The first-order valence-electron chi connectivity index (χ1n) is 20.6. The van der Waals surface area contributed by atoms with Crippen molar-refractivity contribution >= 4 is 82.8 Å². The highest BCUT2D eigenvalue weighted by atomic mass is 16.3. The molecule has 0 bridgehead atoms. The maximum Gasteiger partial charge on any atom is 0.143 e. The summed E-state index contributed by atoms with van der Waals surface area (Å²) in [4.78, 5) is 0. The summed E-state index contributed by atoms with van der Waals surface area (Å²) in [5, 5.41) is 10.7. The molecule has 0 fully saturated rings. The molecule has 0 aliphatic heterocycles. The molecule has 0 radical (unpaired) electrons. The van der Waals surface area contributed by atoms with Gasteiger partial charge in [-0.15, -0.1) is 0 Å². The third-order valence-corrected chi connectivity index (χ3v) is 12.4. The average Bonchev–Trinajstić information content (AvgIpc) is 3.66. The largest absolute Gasteiger partial charge is 0.455 e. The smallest absolute Gasteiger partial charge is 0.143 e. The van der Waals surface area contributed by atoms with E-state index in [1.807, 2.05) is 30.3 Å². The van der Waals surface area contributed by atoms with E-state index >= 15 is 0 Å². The monoisotopic (exact) mass is 699 g/mol. The zero-order valence-corrected chi connectivity index (χ0v) is 29.7. The Morgan fingerprint density at radius 3 is 2.04 bits per heavy atom. The highest BCUT2D eigenvalue weighted by Crippen LogP contribution is 2.51. The van der Waals surface area contributed by atoms with Crippen LogP contribution in [0.1, 0.15) is 32.3 Å². The summed E-state index contributed by atoms with van der Waals surface area (Å²) in [6.07, 6.45) is 13.3. The van der Waals surface area contributed by atoms with Gasteiger partial charge in [0.2, 0.25) is 0 Å². The Labute approximate surface area is 322 Å². The molecule has 1 aromatic heterocycles. The summed E-state index contributed by atoms with van der Waals surface area (Å²) in [6.45, 7) is 0. The zero-order chi connectivity index (χ0) is 38.4. The van der Waals surface area contributed by atoms with Gasteiger partial charge in [-0.25, -0.2) is 0 Å². The summed E-state index contributed by atoms with van der Waals surface area (Å²) in [7, 11) is 0. The molecule has 0 spiro atoms. The SMILES string of the molecule is [2H]c1c(C2=C3C=Cc4cccc5c4C3C(C=C2)C=C5)c([2H])c(-c2cccc3oc4c5ccccc5ccc4c23)c([2H])c1-c1ccc2ccc3cccc4ccc1c2c34. The van der Waals surface area contributed by atoms with Crippen molar-refractivity contribution in [1.29, 1.82) is 0 Å². The number of hydrogen-bond donors (Lipinski definition) is 0. The molecule has 1 heteroatoms. The van der Waals surface area contributed by atoms with E-state index in [4.69, 9.17) is 4.42 Å². The first-order chi connectivity index (χ1) is 28.5. The summed E-state index contributed by atoms with van der Waals surface area (Å²) < 4.78 is 37.4. The molecule has 1 heterocycles. The van der Waals surface area contributed by atoms with Crippen LogP contribution in [0.2, 0.25) is 0 Å². The molecule has 3 aliphatic carbocycles. The van der Waals surface area contributed by atoms with Crippen LogP contribution in [0.4, 0.5) is 0 Å². The van der Waals surface area contributed by atoms with Crippen LogP contribution in [0.15, 0.2) is 180 Å². The van der Waals surface area contributed by atoms with Crippen LogP contribution in [-0.4, -0.2) is 0 Å². The second kappa shape index (κ2) is 10.8. The standard InChI is InChI=1S/C54H32O/c1-2-11-44-31(6-1)18-27-47-53-43(12-5-13-48(53)55-54(44)47)40-29-38(41-23-19-36-16-14-32-7-3-9-34-21-25-45(41)51(36)49(32)34)28-39(30-40)42-24-20-37-17-15-33-8-4-10-35-22-26-46(42)52(37)50(33)35/h1-30,36,51H/i28D,29D,30D. The molecule has 2 unspecified atom stereocenters. The van der Waals surface area contributed by atoms with Crippen molar-refractivity contribution < 1.29 is 8.53 Å². The van der Waals surface area contributed by atoms with Gasteiger partial charge in [0.1, 0.15) is 11.2 Å². The maximum absolute atomic E-state index is 10.2. The van der Waals surface area contributed by atoms with Gasteiger partial charge in [-0.2, -0.15) is 0 Å². The Bertz CT molecular complexity index is 3600. The molecule has 254 valence electrons. The number of hydrogen-bond acceptors (Lipinski definition) is 1. The molecular formula is C54H32O. The van der Waals surface area contributed by atoms with E-state index in [-0.39, 0.29) is 30.0 Å². The number of fused-ring (bicyclic) bond motifs is 5. The lowest BCUT2D eigenvalue weighted by Crippen LogP contribution is -2.21. The van der Waals surface area contributed by atoms with E-state index in [0.717, 1.165) is 76.3 Å². The lowest BCUT2D eigenvalue weighted by molar-refractivity contribution is 0.667. The molecule has 0 amide bonds. The molecule has 55 heavy (non-hydrogen) atoms. The quantitative estimate of drug-likeness (QED) is 0.167. The molecule has 10 aromatic rings. The average molecular weight is 700 g/mol. The molecule has 0 N–H and O–H groups in total. The van der Waals surface area contributed by atoms with Crippen LogP contribution in [0.5, 0.6) is 0 Å². The summed E-state index contributed by atoms with van der Waals surface area (Å²) in [5.74, 6) is 0.250. The fourth-order valence-corrected chi connectivity index (χ4v) is 9.97. The van der Waals surface area contributed by atoms with Gasteiger partial charge in [-0.3, -0.25) is 0 Å². The van der Waals surface area contributed by atoms with Crippen molar-refractivity contribution in [2.75, 3.05) is 0 Å². The van der Waals surface area contributed by atoms with Gasteiger partial charge in [-0.1, -0.05) is 152 Å². The van der Waals surface area contributed by atoms with Crippen LogP contribution in [0.3, 0.4) is 0 Å². The van der Waals surface area contributed by atoms with Gasteiger partial charge < -0.3 is 4.42 Å². The molecule has 13 rings (SSSR count). The van der Waals surface area contributed by atoms with Crippen LogP contribution >= 0.6 is 0 Å². The number of allylic oxidation sites excluding steroid dienone is 6. The Balaban J connectivity index is 1.17. The highest BCUT2D eigenvalue weighted by Gasteiger charge is 2.34. The lowest BCUT2D eigenvalue weighted by Gasteiger charge is -2.37. The minimum atomic E-state index is 0.0756. The topological polar surface area (TPSA) is 13.1 Å². The normalized spacial score (nSPS) is 17.9. The van der Waals surface area contributed by atoms with E-state index in [1.54, 1.807) is 0 Å². The van der Waals surface area contributed by atoms with E-state index in [0.29, 0.717) is 22.3 Å².